The molecule has 1 aromatic heterocycles. The molecule has 1 saturated heterocycles. The Bertz CT molecular complexity index is 727. The molecule has 0 radical (unpaired) electrons. The number of aromatic nitrogens is 2. The van der Waals surface area contributed by atoms with Crippen molar-refractivity contribution in [3.05, 3.63) is 62.8 Å². The van der Waals surface area contributed by atoms with Crippen LogP contribution in [0.3, 0.4) is 0 Å². The molecule has 2 heterocycles. The van der Waals surface area contributed by atoms with Crippen LogP contribution in [0.25, 0.3) is 0 Å². The van der Waals surface area contributed by atoms with E-state index in [1.54, 1.807) is 6.92 Å². The number of H-pyrrole nitrogens is 1. The first-order valence-corrected chi connectivity index (χ1v) is 8.14. The van der Waals surface area contributed by atoms with Crippen molar-refractivity contribution in [3.63, 3.8) is 0 Å². The van der Waals surface area contributed by atoms with E-state index in [1.807, 2.05) is 6.07 Å². The molecule has 0 saturated carbocycles. The van der Waals surface area contributed by atoms with Crippen LogP contribution in [-0.4, -0.2) is 35.7 Å². The second kappa shape index (κ2) is 6.83. The van der Waals surface area contributed by atoms with Gasteiger partial charge in [-0.2, -0.15) is 0 Å². The van der Waals surface area contributed by atoms with Gasteiger partial charge in [0.25, 0.3) is 5.56 Å². The molecule has 0 unspecified atom stereocenters. The van der Waals surface area contributed by atoms with E-state index in [-0.39, 0.29) is 11.2 Å². The Kier molecular flexibility index (Phi) is 4.62. The molecule has 1 aliphatic heterocycles. The van der Waals surface area contributed by atoms with Gasteiger partial charge in [-0.1, -0.05) is 30.3 Å². The van der Waals surface area contributed by atoms with Gasteiger partial charge in [-0.3, -0.25) is 14.3 Å². The summed E-state index contributed by atoms with van der Waals surface area (Å²) in [6.07, 6.45) is 0. The Labute approximate surface area is 135 Å². The molecule has 23 heavy (non-hydrogen) atoms. The lowest BCUT2D eigenvalue weighted by atomic mass is 10.2. The average molecular weight is 315 g/mol. The molecule has 1 fully saturated rings. The summed E-state index contributed by atoms with van der Waals surface area (Å²) >= 11 is 0. The van der Waals surface area contributed by atoms with Crippen LogP contribution in [0, 0.1) is 0 Å². The highest BCUT2D eigenvalue weighted by atomic mass is 16.2. The smallest absolute Gasteiger partial charge is 0.329 e. The maximum Gasteiger partial charge on any atom is 0.329 e. The standard InChI is InChI=1S/C17H22N4O2/c1-2-21-16(22)12-15(18-17(21)23)20-10-8-19(9-11-20)13-14-6-4-3-5-7-14/h3-7,12H,2,8-11,13H2,1H3,(H,18,23)/p+1. The fourth-order valence-electron chi connectivity index (χ4n) is 3.10. The van der Waals surface area contributed by atoms with Gasteiger partial charge in [0.2, 0.25) is 0 Å². The van der Waals surface area contributed by atoms with E-state index in [0.29, 0.717) is 12.4 Å². The number of aromatic amines is 1. The third-order valence-electron chi connectivity index (χ3n) is 4.43. The first-order valence-electron chi connectivity index (χ1n) is 8.14. The van der Waals surface area contributed by atoms with Gasteiger partial charge in [-0.25, -0.2) is 4.79 Å². The lowest BCUT2D eigenvalue weighted by molar-refractivity contribution is -0.914. The van der Waals surface area contributed by atoms with Crippen molar-refractivity contribution in [2.75, 3.05) is 31.1 Å². The third-order valence-corrected chi connectivity index (χ3v) is 4.43. The molecule has 1 aromatic carbocycles. The molecule has 3 rings (SSSR count). The molecule has 0 bridgehead atoms. The van der Waals surface area contributed by atoms with E-state index in [9.17, 15) is 9.59 Å². The maximum absolute atomic E-state index is 12.0. The molecule has 1 aliphatic rings. The normalized spacial score (nSPS) is 15.8. The number of quaternary nitrogens is 1. The number of anilines is 1. The maximum atomic E-state index is 12.0. The minimum atomic E-state index is -0.325. The van der Waals surface area contributed by atoms with E-state index < -0.39 is 0 Å². The Morgan fingerprint density at radius 3 is 2.43 bits per heavy atom. The molecule has 2 aromatic rings. The summed E-state index contributed by atoms with van der Waals surface area (Å²) in [5.74, 6) is 0.642. The van der Waals surface area contributed by atoms with E-state index in [4.69, 9.17) is 0 Å². The Morgan fingerprint density at radius 1 is 1.13 bits per heavy atom. The second-order valence-electron chi connectivity index (χ2n) is 5.94. The minimum Gasteiger partial charge on any atom is -0.347 e. The highest BCUT2D eigenvalue weighted by molar-refractivity contribution is 5.36. The number of benzene rings is 1. The minimum absolute atomic E-state index is 0.231. The molecular weight excluding hydrogens is 292 g/mol. The molecular formula is C17H23N4O2+. The van der Waals surface area contributed by atoms with Crippen LogP contribution in [0.15, 0.2) is 46.0 Å². The predicted octanol–water partition coefficient (Wildman–Crippen LogP) is -0.538. The van der Waals surface area contributed by atoms with E-state index in [1.165, 1.54) is 21.1 Å². The van der Waals surface area contributed by atoms with Gasteiger partial charge < -0.3 is 9.80 Å². The molecule has 0 aliphatic carbocycles. The van der Waals surface area contributed by atoms with Crippen LogP contribution in [0.1, 0.15) is 12.5 Å². The first-order chi connectivity index (χ1) is 11.2. The number of nitrogens with zero attached hydrogens (tertiary/aromatic N) is 2. The topological polar surface area (TPSA) is 62.5 Å². The summed E-state index contributed by atoms with van der Waals surface area (Å²) in [6.45, 7) is 6.87. The van der Waals surface area contributed by atoms with Gasteiger partial charge in [-0.05, 0) is 6.92 Å². The Hall–Kier alpha value is -2.34. The summed E-state index contributed by atoms with van der Waals surface area (Å²) in [4.78, 5) is 30.3. The lowest BCUT2D eigenvalue weighted by Gasteiger charge is -2.33. The molecule has 2 N–H and O–H groups in total. The molecule has 122 valence electrons. The quantitative estimate of drug-likeness (QED) is 0.797. The van der Waals surface area contributed by atoms with Crippen LogP contribution < -0.4 is 21.0 Å². The predicted molar refractivity (Wildman–Crippen MR) is 90.1 cm³/mol. The highest BCUT2D eigenvalue weighted by Crippen LogP contribution is 2.05. The molecule has 0 spiro atoms. The average Bonchev–Trinajstić information content (AvgIpc) is 2.56. The van der Waals surface area contributed by atoms with Crippen molar-refractivity contribution in [1.29, 1.82) is 0 Å². The van der Waals surface area contributed by atoms with Crippen molar-refractivity contribution >= 4 is 5.82 Å². The Balaban J connectivity index is 1.65. The van der Waals surface area contributed by atoms with E-state index in [2.05, 4.69) is 34.1 Å². The zero-order valence-electron chi connectivity index (χ0n) is 13.4. The van der Waals surface area contributed by atoms with Crippen molar-refractivity contribution in [3.8, 4) is 0 Å². The van der Waals surface area contributed by atoms with Crippen LogP contribution in [-0.2, 0) is 13.1 Å². The van der Waals surface area contributed by atoms with E-state index >= 15 is 0 Å². The Morgan fingerprint density at radius 2 is 1.83 bits per heavy atom. The van der Waals surface area contributed by atoms with Gasteiger partial charge in [0.1, 0.15) is 12.4 Å². The van der Waals surface area contributed by atoms with Crippen LogP contribution in [0.2, 0.25) is 0 Å². The SMILES string of the molecule is CCn1c(=O)cc(N2CC[NH+](Cc3ccccc3)CC2)[nH]c1=O. The molecule has 6 nitrogen and oxygen atoms in total. The van der Waals surface area contributed by atoms with Gasteiger partial charge in [0, 0.05) is 18.2 Å². The van der Waals surface area contributed by atoms with Gasteiger partial charge in [0.15, 0.2) is 0 Å². The zero-order chi connectivity index (χ0) is 16.2. The number of rotatable bonds is 4. The second-order valence-corrected chi connectivity index (χ2v) is 5.94. The summed E-state index contributed by atoms with van der Waals surface area (Å²) in [5.41, 5.74) is 0.786. The van der Waals surface area contributed by atoms with Crippen molar-refractivity contribution < 1.29 is 4.90 Å². The van der Waals surface area contributed by atoms with Crippen LogP contribution >= 0.6 is 0 Å². The molecule has 0 atom stereocenters. The van der Waals surface area contributed by atoms with Crippen LogP contribution in [0.5, 0.6) is 0 Å². The summed E-state index contributed by atoms with van der Waals surface area (Å²) in [7, 11) is 0. The number of nitrogens with one attached hydrogen (secondary N) is 2. The summed E-state index contributed by atoms with van der Waals surface area (Å²) in [6, 6.07) is 12.0. The van der Waals surface area contributed by atoms with E-state index in [0.717, 1.165) is 32.7 Å². The number of hydrogen-bond acceptors (Lipinski definition) is 3. The van der Waals surface area contributed by atoms with Crippen molar-refractivity contribution in [2.45, 2.75) is 20.0 Å². The van der Waals surface area contributed by atoms with Gasteiger partial charge >= 0.3 is 5.69 Å². The fraction of sp³-hybridized carbons (Fsp3) is 0.412. The zero-order valence-corrected chi connectivity index (χ0v) is 13.4. The molecule has 6 heteroatoms. The number of hydrogen-bond donors (Lipinski definition) is 2. The van der Waals surface area contributed by atoms with Gasteiger partial charge in [0.05, 0.1) is 26.2 Å². The largest absolute Gasteiger partial charge is 0.347 e. The summed E-state index contributed by atoms with van der Waals surface area (Å²) in [5, 5.41) is 0. The van der Waals surface area contributed by atoms with Crippen molar-refractivity contribution in [1.82, 2.24) is 9.55 Å². The molecule has 0 amide bonds. The monoisotopic (exact) mass is 315 g/mol. The van der Waals surface area contributed by atoms with Crippen molar-refractivity contribution in [2.24, 2.45) is 0 Å². The third kappa shape index (κ3) is 3.53. The first kappa shape index (κ1) is 15.6. The highest BCUT2D eigenvalue weighted by Gasteiger charge is 2.21. The van der Waals surface area contributed by atoms with Crippen LogP contribution in [0.4, 0.5) is 5.82 Å². The van der Waals surface area contributed by atoms with Gasteiger partial charge in [-0.15, -0.1) is 0 Å². The fourth-order valence-corrected chi connectivity index (χ4v) is 3.10. The summed E-state index contributed by atoms with van der Waals surface area (Å²) < 4.78 is 1.21. The lowest BCUT2D eigenvalue weighted by Crippen LogP contribution is -3.13. The number of piperazine rings is 1.